The van der Waals surface area contributed by atoms with Crippen molar-refractivity contribution < 1.29 is 19.1 Å². The minimum absolute atomic E-state index is 0.0858. The van der Waals surface area contributed by atoms with E-state index in [9.17, 15) is 9.59 Å². The smallest absolute Gasteiger partial charge is 0.410 e. The van der Waals surface area contributed by atoms with E-state index in [1.807, 2.05) is 38.3 Å². The van der Waals surface area contributed by atoms with Gasteiger partial charge >= 0.3 is 12.1 Å². The zero-order valence-corrected chi connectivity index (χ0v) is 17.5. The minimum Gasteiger partial charge on any atom is -0.465 e. The molecule has 0 radical (unpaired) electrons. The van der Waals surface area contributed by atoms with Crippen molar-refractivity contribution in [3.8, 4) is 10.6 Å². The number of likely N-dealkylation sites (tertiary alicyclic amines) is 1. The molecule has 1 amide bonds. The second-order valence-corrected chi connectivity index (χ2v) is 8.69. The lowest BCUT2D eigenvalue weighted by atomic mass is 10.0. The van der Waals surface area contributed by atoms with E-state index in [2.05, 4.69) is 0 Å². The van der Waals surface area contributed by atoms with E-state index in [4.69, 9.17) is 14.5 Å². The first-order chi connectivity index (χ1) is 13.3. The third-order valence-electron chi connectivity index (χ3n) is 4.52. The number of ether oxygens (including phenoxy) is 2. The van der Waals surface area contributed by atoms with E-state index < -0.39 is 5.60 Å². The Labute approximate surface area is 169 Å². The highest BCUT2D eigenvalue weighted by Crippen LogP contribution is 2.35. The first-order valence-corrected chi connectivity index (χ1v) is 10.3. The summed E-state index contributed by atoms with van der Waals surface area (Å²) >= 11 is 1.51. The number of aromatic nitrogens is 1. The molecule has 0 spiro atoms. The average Bonchev–Trinajstić information content (AvgIpc) is 3.16. The van der Waals surface area contributed by atoms with Gasteiger partial charge < -0.3 is 9.47 Å². The lowest BCUT2D eigenvalue weighted by molar-refractivity contribution is 0.00906. The highest BCUT2D eigenvalue weighted by molar-refractivity contribution is 7.13. The largest absolute Gasteiger partial charge is 0.465 e. The Bertz CT molecular complexity index is 856. The average molecular weight is 403 g/mol. The molecule has 150 valence electrons. The van der Waals surface area contributed by atoms with Crippen LogP contribution >= 0.6 is 11.3 Å². The van der Waals surface area contributed by atoms with Crippen LogP contribution in [0, 0.1) is 0 Å². The van der Waals surface area contributed by atoms with Crippen molar-refractivity contribution in [3.05, 3.63) is 40.9 Å². The maximum Gasteiger partial charge on any atom is 0.410 e. The van der Waals surface area contributed by atoms with Gasteiger partial charge in [0.25, 0.3) is 0 Å². The van der Waals surface area contributed by atoms with Crippen molar-refractivity contribution in [1.82, 2.24) is 9.88 Å². The van der Waals surface area contributed by atoms with Crippen molar-refractivity contribution in [3.63, 3.8) is 0 Å². The van der Waals surface area contributed by atoms with Gasteiger partial charge in [-0.05, 0) is 52.2 Å². The van der Waals surface area contributed by atoms with Crippen LogP contribution in [-0.4, -0.2) is 41.2 Å². The number of piperidine rings is 1. The zero-order valence-electron chi connectivity index (χ0n) is 16.7. The fourth-order valence-electron chi connectivity index (χ4n) is 3.25. The monoisotopic (exact) mass is 402 g/mol. The molecule has 1 fully saturated rings. The van der Waals surface area contributed by atoms with Crippen LogP contribution in [0.15, 0.2) is 29.6 Å². The summed E-state index contributed by atoms with van der Waals surface area (Å²) in [5.74, 6) is -0.373. The number of carbonyl (C=O) groups is 2. The van der Waals surface area contributed by atoms with Crippen molar-refractivity contribution in [2.24, 2.45) is 0 Å². The molecule has 1 saturated heterocycles. The molecule has 0 bridgehead atoms. The quantitative estimate of drug-likeness (QED) is 0.671. The van der Waals surface area contributed by atoms with Crippen LogP contribution in [0.5, 0.6) is 0 Å². The summed E-state index contributed by atoms with van der Waals surface area (Å²) in [7, 11) is 1.37. The highest BCUT2D eigenvalue weighted by Gasteiger charge is 2.32. The van der Waals surface area contributed by atoms with E-state index in [0.29, 0.717) is 12.1 Å². The Kier molecular flexibility index (Phi) is 6.03. The van der Waals surface area contributed by atoms with Crippen LogP contribution in [0.4, 0.5) is 4.79 Å². The number of hydrogen-bond donors (Lipinski definition) is 0. The molecule has 1 aromatic heterocycles. The molecule has 2 aromatic rings. The fourth-order valence-corrected chi connectivity index (χ4v) is 4.11. The number of amides is 1. The molecular formula is C21H26N2O4S. The number of hydrogen-bond acceptors (Lipinski definition) is 6. The number of thiazole rings is 1. The molecule has 0 aliphatic carbocycles. The van der Waals surface area contributed by atoms with E-state index in [1.165, 1.54) is 18.4 Å². The van der Waals surface area contributed by atoms with Gasteiger partial charge in [0.2, 0.25) is 0 Å². The van der Waals surface area contributed by atoms with Crippen LogP contribution in [0.3, 0.4) is 0 Å². The number of rotatable bonds is 3. The number of carbonyl (C=O) groups excluding carboxylic acids is 2. The number of benzene rings is 1. The highest BCUT2D eigenvalue weighted by atomic mass is 32.1. The first-order valence-electron chi connectivity index (χ1n) is 9.42. The SMILES string of the molecule is COC(=O)c1cccc(-c2nc(C3CCCCN3C(=O)OC(C)(C)C)cs2)c1. The molecule has 1 aromatic carbocycles. The molecule has 28 heavy (non-hydrogen) atoms. The topological polar surface area (TPSA) is 68.7 Å². The molecule has 0 saturated carbocycles. The van der Waals surface area contributed by atoms with Gasteiger partial charge in [0.1, 0.15) is 10.6 Å². The van der Waals surface area contributed by atoms with Gasteiger partial charge in [0.05, 0.1) is 24.4 Å². The summed E-state index contributed by atoms with van der Waals surface area (Å²) in [4.78, 5) is 31.0. The van der Waals surface area contributed by atoms with Gasteiger partial charge in [-0.25, -0.2) is 14.6 Å². The lowest BCUT2D eigenvalue weighted by Crippen LogP contribution is -2.42. The third-order valence-corrected chi connectivity index (χ3v) is 5.43. The third kappa shape index (κ3) is 4.70. The van der Waals surface area contributed by atoms with Crippen molar-refractivity contribution in [1.29, 1.82) is 0 Å². The van der Waals surface area contributed by atoms with E-state index in [1.54, 1.807) is 17.0 Å². The van der Waals surface area contributed by atoms with Crippen LogP contribution in [0.1, 0.15) is 62.1 Å². The zero-order chi connectivity index (χ0) is 20.3. The van der Waals surface area contributed by atoms with E-state index in [-0.39, 0.29) is 18.1 Å². The Morgan fingerprint density at radius 1 is 1.25 bits per heavy atom. The molecule has 6 nitrogen and oxygen atoms in total. The van der Waals surface area contributed by atoms with Crippen molar-refractivity contribution in [2.45, 2.75) is 51.7 Å². The van der Waals surface area contributed by atoms with Gasteiger partial charge in [0, 0.05) is 17.5 Å². The molecule has 2 heterocycles. The summed E-state index contributed by atoms with van der Waals surface area (Å²) in [5, 5.41) is 2.81. The molecule has 1 aliphatic rings. The summed E-state index contributed by atoms with van der Waals surface area (Å²) < 4.78 is 10.4. The van der Waals surface area contributed by atoms with Crippen molar-refractivity contribution >= 4 is 23.4 Å². The van der Waals surface area contributed by atoms with Crippen LogP contribution in [0.2, 0.25) is 0 Å². The van der Waals surface area contributed by atoms with Gasteiger partial charge in [-0.3, -0.25) is 4.90 Å². The van der Waals surface area contributed by atoms with Crippen LogP contribution in [0.25, 0.3) is 10.6 Å². The molecule has 1 atom stereocenters. The Morgan fingerprint density at radius 3 is 2.75 bits per heavy atom. The maximum atomic E-state index is 12.7. The molecule has 0 N–H and O–H groups in total. The summed E-state index contributed by atoms with van der Waals surface area (Å²) in [6, 6.07) is 7.14. The molecule has 1 aliphatic heterocycles. The van der Waals surface area contributed by atoms with E-state index in [0.717, 1.165) is 35.5 Å². The van der Waals surface area contributed by atoms with Gasteiger partial charge in [-0.2, -0.15) is 0 Å². The molecular weight excluding hydrogens is 376 g/mol. The minimum atomic E-state index is -0.527. The second kappa shape index (κ2) is 8.31. The van der Waals surface area contributed by atoms with E-state index >= 15 is 0 Å². The number of nitrogens with zero attached hydrogens (tertiary/aromatic N) is 2. The molecule has 3 rings (SSSR count). The predicted octanol–water partition coefficient (Wildman–Crippen LogP) is 5.06. The Balaban J connectivity index is 1.83. The Morgan fingerprint density at radius 2 is 2.04 bits per heavy atom. The normalized spacial score (nSPS) is 17.3. The fraction of sp³-hybridized carbons (Fsp3) is 0.476. The second-order valence-electron chi connectivity index (χ2n) is 7.84. The summed E-state index contributed by atoms with van der Waals surface area (Å²) in [6.07, 6.45) is 2.59. The van der Waals surface area contributed by atoms with Crippen LogP contribution < -0.4 is 0 Å². The van der Waals surface area contributed by atoms with Gasteiger partial charge in [-0.15, -0.1) is 11.3 Å². The Hall–Kier alpha value is -2.41. The summed E-state index contributed by atoms with van der Waals surface area (Å²) in [6.45, 7) is 6.29. The predicted molar refractivity (Wildman–Crippen MR) is 108 cm³/mol. The van der Waals surface area contributed by atoms with Crippen LogP contribution in [-0.2, 0) is 9.47 Å². The summed E-state index contributed by atoms with van der Waals surface area (Å²) in [5.41, 5.74) is 1.69. The number of esters is 1. The maximum absolute atomic E-state index is 12.7. The van der Waals surface area contributed by atoms with Gasteiger partial charge in [0.15, 0.2) is 0 Å². The lowest BCUT2D eigenvalue weighted by Gasteiger charge is -2.36. The first kappa shape index (κ1) is 20.3. The van der Waals surface area contributed by atoms with Crippen molar-refractivity contribution in [2.75, 3.05) is 13.7 Å². The van der Waals surface area contributed by atoms with Gasteiger partial charge in [-0.1, -0.05) is 12.1 Å². The molecule has 7 heteroatoms. The molecule has 1 unspecified atom stereocenters. The standard InChI is InChI=1S/C21H26N2O4S/c1-21(2,3)27-20(25)23-11-6-5-10-17(23)16-13-28-18(22-16)14-8-7-9-15(12-14)19(24)26-4/h7-9,12-13,17H,5-6,10-11H2,1-4H3. The number of methoxy groups -OCH3 is 1.